The lowest BCUT2D eigenvalue weighted by Crippen LogP contribution is -2.45. The molecular weight excluding hydrogens is 216 g/mol. The summed E-state index contributed by atoms with van der Waals surface area (Å²) in [5.41, 5.74) is 5.81. The molecule has 17 heavy (non-hydrogen) atoms. The highest BCUT2D eigenvalue weighted by molar-refractivity contribution is 5.77. The van der Waals surface area contributed by atoms with Crippen LogP contribution in [0.5, 0.6) is 0 Å². The van der Waals surface area contributed by atoms with Crippen LogP contribution in [0.2, 0.25) is 0 Å². The molecule has 1 saturated carbocycles. The summed E-state index contributed by atoms with van der Waals surface area (Å²) in [6.45, 7) is 4.84. The fraction of sp³-hybridized carbons (Fsp3) is 0.923. The monoisotopic (exact) mass is 242 g/mol. The van der Waals surface area contributed by atoms with Crippen molar-refractivity contribution in [1.82, 2.24) is 5.32 Å². The molecule has 4 nitrogen and oxygen atoms in total. The van der Waals surface area contributed by atoms with E-state index < -0.39 is 0 Å². The molecule has 1 aliphatic rings. The van der Waals surface area contributed by atoms with Crippen LogP contribution in [-0.4, -0.2) is 30.2 Å². The Balaban J connectivity index is 2.41. The van der Waals surface area contributed by atoms with Crippen LogP contribution >= 0.6 is 0 Å². The van der Waals surface area contributed by atoms with Crippen LogP contribution in [0.1, 0.15) is 46.0 Å². The maximum Gasteiger partial charge on any atom is 0.220 e. The molecule has 0 aliphatic heterocycles. The Hall–Kier alpha value is -0.610. The van der Waals surface area contributed by atoms with E-state index in [0.717, 1.165) is 12.8 Å². The van der Waals surface area contributed by atoms with Crippen molar-refractivity contribution in [2.45, 2.75) is 52.0 Å². The van der Waals surface area contributed by atoms with Crippen LogP contribution in [0.25, 0.3) is 0 Å². The van der Waals surface area contributed by atoms with Crippen LogP contribution in [-0.2, 0) is 4.79 Å². The molecule has 4 heteroatoms. The molecular formula is C13H26N2O2. The van der Waals surface area contributed by atoms with Gasteiger partial charge in [-0.15, -0.1) is 0 Å². The topological polar surface area (TPSA) is 75.3 Å². The molecule has 1 rings (SSSR count). The van der Waals surface area contributed by atoms with Gasteiger partial charge in [0.2, 0.25) is 5.91 Å². The zero-order valence-electron chi connectivity index (χ0n) is 11.0. The van der Waals surface area contributed by atoms with Gasteiger partial charge in [-0.3, -0.25) is 4.79 Å². The van der Waals surface area contributed by atoms with Gasteiger partial charge in [-0.2, -0.15) is 0 Å². The molecule has 0 aromatic carbocycles. The minimum absolute atomic E-state index is 0.0603. The lowest BCUT2D eigenvalue weighted by Gasteiger charge is -2.40. The summed E-state index contributed by atoms with van der Waals surface area (Å²) in [7, 11) is 0. The summed E-state index contributed by atoms with van der Waals surface area (Å²) >= 11 is 0. The van der Waals surface area contributed by atoms with Crippen LogP contribution in [0, 0.1) is 11.3 Å². The average molecular weight is 242 g/mol. The van der Waals surface area contributed by atoms with E-state index >= 15 is 0 Å². The molecule has 0 bridgehead atoms. The average Bonchev–Trinajstić information content (AvgIpc) is 2.22. The molecule has 0 aromatic heterocycles. The van der Waals surface area contributed by atoms with E-state index in [9.17, 15) is 4.79 Å². The van der Waals surface area contributed by atoms with E-state index in [0.29, 0.717) is 25.3 Å². The van der Waals surface area contributed by atoms with Crippen molar-refractivity contribution in [2.24, 2.45) is 17.1 Å². The van der Waals surface area contributed by atoms with E-state index in [1.165, 1.54) is 6.42 Å². The van der Waals surface area contributed by atoms with E-state index in [1.807, 2.05) is 0 Å². The van der Waals surface area contributed by atoms with Gasteiger partial charge >= 0.3 is 0 Å². The second-order valence-electron chi connectivity index (χ2n) is 5.66. The van der Waals surface area contributed by atoms with Crippen molar-refractivity contribution in [3.05, 3.63) is 0 Å². The van der Waals surface area contributed by atoms with Gasteiger partial charge in [-0.1, -0.05) is 20.3 Å². The number of amides is 1. The molecule has 0 saturated heterocycles. The fourth-order valence-electron chi connectivity index (χ4n) is 2.44. The molecule has 0 spiro atoms. The molecule has 4 N–H and O–H groups in total. The molecule has 100 valence electrons. The number of hydrogen-bond donors (Lipinski definition) is 3. The smallest absolute Gasteiger partial charge is 0.220 e. The Labute approximate surface area is 104 Å². The zero-order chi connectivity index (χ0) is 12.9. The van der Waals surface area contributed by atoms with Gasteiger partial charge in [0.25, 0.3) is 0 Å². The molecule has 1 atom stereocenters. The highest BCUT2D eigenvalue weighted by Gasteiger charge is 2.37. The fourth-order valence-corrected chi connectivity index (χ4v) is 2.44. The number of aliphatic hydroxyl groups is 1. The van der Waals surface area contributed by atoms with Crippen molar-refractivity contribution in [3.8, 4) is 0 Å². The van der Waals surface area contributed by atoms with E-state index in [-0.39, 0.29) is 24.0 Å². The predicted molar refractivity (Wildman–Crippen MR) is 68.4 cm³/mol. The number of nitrogens with two attached hydrogens (primary N) is 1. The Morgan fingerprint density at radius 1 is 1.47 bits per heavy atom. The first-order chi connectivity index (χ1) is 8.03. The quantitative estimate of drug-likeness (QED) is 0.624. The van der Waals surface area contributed by atoms with Crippen molar-refractivity contribution in [1.29, 1.82) is 0 Å². The highest BCUT2D eigenvalue weighted by atomic mass is 16.3. The number of carbonyl (C=O) groups is 1. The van der Waals surface area contributed by atoms with Gasteiger partial charge in [0.1, 0.15) is 0 Å². The standard InChI is InChI=1S/C13H26N2O2/c1-10(2)11(4-7-16)15-12(17)8-13(9-14)5-3-6-13/h10-11,16H,3-9,14H2,1-2H3,(H,15,17). The Morgan fingerprint density at radius 3 is 2.47 bits per heavy atom. The third-order valence-corrected chi connectivity index (χ3v) is 3.97. The van der Waals surface area contributed by atoms with E-state index in [1.54, 1.807) is 0 Å². The lowest BCUT2D eigenvalue weighted by atomic mass is 9.66. The second kappa shape index (κ2) is 6.36. The third-order valence-electron chi connectivity index (χ3n) is 3.97. The normalized spacial score (nSPS) is 19.8. The summed E-state index contributed by atoms with van der Waals surface area (Å²) in [6, 6.07) is 0.0717. The minimum atomic E-state index is 0.0603. The molecule has 1 amide bonds. The maximum absolute atomic E-state index is 12.0. The number of nitrogens with one attached hydrogen (secondary N) is 1. The largest absolute Gasteiger partial charge is 0.396 e. The molecule has 0 heterocycles. The highest BCUT2D eigenvalue weighted by Crippen LogP contribution is 2.42. The van der Waals surface area contributed by atoms with Gasteiger partial charge in [-0.25, -0.2) is 0 Å². The van der Waals surface area contributed by atoms with Crippen molar-refractivity contribution in [3.63, 3.8) is 0 Å². The minimum Gasteiger partial charge on any atom is -0.396 e. The molecule has 1 aliphatic carbocycles. The van der Waals surface area contributed by atoms with Gasteiger partial charge in [0.05, 0.1) is 0 Å². The van der Waals surface area contributed by atoms with Crippen molar-refractivity contribution < 1.29 is 9.90 Å². The summed E-state index contributed by atoms with van der Waals surface area (Å²) < 4.78 is 0. The van der Waals surface area contributed by atoms with Crippen molar-refractivity contribution >= 4 is 5.91 Å². The molecule has 0 aromatic rings. The van der Waals surface area contributed by atoms with Crippen LogP contribution in [0.4, 0.5) is 0 Å². The van der Waals surface area contributed by atoms with Crippen LogP contribution in [0.15, 0.2) is 0 Å². The van der Waals surface area contributed by atoms with Gasteiger partial charge in [0.15, 0.2) is 0 Å². The summed E-state index contributed by atoms with van der Waals surface area (Å²) in [5, 5.41) is 12.0. The summed E-state index contributed by atoms with van der Waals surface area (Å²) in [4.78, 5) is 12.0. The molecule has 1 unspecified atom stereocenters. The van der Waals surface area contributed by atoms with Gasteiger partial charge in [0, 0.05) is 19.1 Å². The van der Waals surface area contributed by atoms with E-state index in [4.69, 9.17) is 10.8 Å². The Kier molecular flexibility index (Phi) is 5.40. The predicted octanol–water partition coefficient (Wildman–Crippen LogP) is 1.03. The SMILES string of the molecule is CC(C)C(CCO)NC(=O)CC1(CN)CCC1. The van der Waals surface area contributed by atoms with Gasteiger partial charge < -0.3 is 16.2 Å². The first kappa shape index (κ1) is 14.5. The number of carbonyl (C=O) groups excluding carboxylic acids is 1. The number of aliphatic hydroxyl groups excluding tert-OH is 1. The lowest BCUT2D eigenvalue weighted by molar-refractivity contribution is -0.125. The third kappa shape index (κ3) is 3.96. The Bertz CT molecular complexity index is 244. The first-order valence-electron chi connectivity index (χ1n) is 6.63. The van der Waals surface area contributed by atoms with Crippen LogP contribution in [0.3, 0.4) is 0 Å². The maximum atomic E-state index is 12.0. The second-order valence-corrected chi connectivity index (χ2v) is 5.66. The Morgan fingerprint density at radius 2 is 2.12 bits per heavy atom. The zero-order valence-corrected chi connectivity index (χ0v) is 11.0. The van der Waals surface area contributed by atoms with Crippen molar-refractivity contribution in [2.75, 3.05) is 13.2 Å². The molecule has 0 radical (unpaired) electrons. The summed E-state index contributed by atoms with van der Waals surface area (Å²) in [5.74, 6) is 0.434. The first-order valence-corrected chi connectivity index (χ1v) is 6.63. The van der Waals surface area contributed by atoms with Gasteiger partial charge in [-0.05, 0) is 37.1 Å². The summed E-state index contributed by atoms with van der Waals surface area (Å²) in [6.07, 6.45) is 4.50. The number of hydrogen-bond acceptors (Lipinski definition) is 3. The van der Waals surface area contributed by atoms with E-state index in [2.05, 4.69) is 19.2 Å². The molecule has 1 fully saturated rings. The van der Waals surface area contributed by atoms with Crippen LogP contribution < -0.4 is 11.1 Å². The number of rotatable bonds is 7.